The highest BCUT2D eigenvalue weighted by molar-refractivity contribution is 6.04. The second kappa shape index (κ2) is 8.35. The molecule has 1 aromatic heterocycles. The quantitative estimate of drug-likeness (QED) is 0.878. The summed E-state index contributed by atoms with van der Waals surface area (Å²) in [5.41, 5.74) is 1.94. The zero-order chi connectivity index (χ0) is 19.4. The number of hydrogen-bond acceptors (Lipinski definition) is 4. The summed E-state index contributed by atoms with van der Waals surface area (Å²) < 4.78 is 7.11. The van der Waals surface area contributed by atoms with E-state index in [2.05, 4.69) is 24.3 Å². The first-order chi connectivity index (χ1) is 13.0. The minimum atomic E-state index is -0.218. The van der Waals surface area contributed by atoms with E-state index in [0.29, 0.717) is 43.2 Å². The number of carbonyl (C=O) groups excluding carboxylic acids is 2. The van der Waals surface area contributed by atoms with Crippen molar-refractivity contribution < 1.29 is 14.3 Å². The molecule has 1 fully saturated rings. The highest BCUT2D eigenvalue weighted by Gasteiger charge is 2.19. The molecule has 1 aliphatic heterocycles. The third-order valence-corrected chi connectivity index (χ3v) is 4.80. The fraction of sp³-hybridized carbons (Fsp3) is 0.450. The maximum atomic E-state index is 12.6. The number of aromatic nitrogens is 2. The summed E-state index contributed by atoms with van der Waals surface area (Å²) in [5.74, 6) is 0.431. The minimum Gasteiger partial charge on any atom is -0.378 e. The molecule has 2 heterocycles. The Morgan fingerprint density at radius 3 is 2.44 bits per heavy atom. The summed E-state index contributed by atoms with van der Waals surface area (Å²) in [7, 11) is 0. The number of benzene rings is 1. The number of carbonyl (C=O) groups is 2. The molecule has 27 heavy (non-hydrogen) atoms. The van der Waals surface area contributed by atoms with E-state index in [9.17, 15) is 9.59 Å². The lowest BCUT2D eigenvalue weighted by atomic mass is 10.1. The van der Waals surface area contributed by atoms with Crippen molar-refractivity contribution in [3.63, 3.8) is 0 Å². The van der Waals surface area contributed by atoms with E-state index < -0.39 is 0 Å². The number of amides is 2. The van der Waals surface area contributed by atoms with Crippen molar-refractivity contribution in [2.45, 2.75) is 33.2 Å². The Bertz CT molecular complexity index is 807. The molecule has 0 saturated carbocycles. The van der Waals surface area contributed by atoms with E-state index in [1.54, 1.807) is 29.2 Å². The Balaban J connectivity index is 1.70. The number of nitrogens with zero attached hydrogens (tertiary/aromatic N) is 3. The van der Waals surface area contributed by atoms with Gasteiger partial charge in [-0.05, 0) is 44.5 Å². The zero-order valence-electron chi connectivity index (χ0n) is 16.1. The van der Waals surface area contributed by atoms with Gasteiger partial charge in [-0.25, -0.2) is 4.68 Å². The molecule has 2 amide bonds. The predicted molar refractivity (Wildman–Crippen MR) is 103 cm³/mol. The van der Waals surface area contributed by atoms with Gasteiger partial charge in [0.15, 0.2) is 0 Å². The van der Waals surface area contributed by atoms with E-state index in [-0.39, 0.29) is 17.9 Å². The van der Waals surface area contributed by atoms with Gasteiger partial charge < -0.3 is 15.0 Å². The van der Waals surface area contributed by atoms with Gasteiger partial charge in [-0.1, -0.05) is 6.92 Å². The summed E-state index contributed by atoms with van der Waals surface area (Å²) >= 11 is 0. The highest BCUT2D eigenvalue weighted by atomic mass is 16.5. The molecule has 1 atom stereocenters. The molecule has 2 aromatic rings. The third kappa shape index (κ3) is 4.36. The Morgan fingerprint density at radius 1 is 1.19 bits per heavy atom. The Hall–Kier alpha value is -2.67. The molecular formula is C20H26N4O3. The first-order valence-corrected chi connectivity index (χ1v) is 9.34. The van der Waals surface area contributed by atoms with Crippen LogP contribution < -0.4 is 5.32 Å². The van der Waals surface area contributed by atoms with Gasteiger partial charge >= 0.3 is 0 Å². The number of ether oxygens (including phenoxy) is 1. The predicted octanol–water partition coefficient (Wildman–Crippen LogP) is 2.89. The maximum Gasteiger partial charge on any atom is 0.256 e. The van der Waals surface area contributed by atoms with Crippen LogP contribution in [-0.2, 0) is 4.74 Å². The van der Waals surface area contributed by atoms with Crippen LogP contribution in [0.15, 0.2) is 30.3 Å². The number of aryl methyl sites for hydroxylation is 1. The summed E-state index contributed by atoms with van der Waals surface area (Å²) in [6, 6.07) is 8.82. The van der Waals surface area contributed by atoms with Crippen LogP contribution in [-0.4, -0.2) is 52.8 Å². The Kier molecular flexibility index (Phi) is 5.91. The lowest BCUT2D eigenvalue weighted by molar-refractivity contribution is 0.0303. The molecular weight excluding hydrogens is 344 g/mol. The van der Waals surface area contributed by atoms with Crippen LogP contribution in [0.2, 0.25) is 0 Å². The molecule has 1 aromatic carbocycles. The van der Waals surface area contributed by atoms with E-state index in [4.69, 9.17) is 4.74 Å². The molecule has 0 radical (unpaired) electrons. The van der Waals surface area contributed by atoms with Crippen LogP contribution >= 0.6 is 0 Å². The van der Waals surface area contributed by atoms with E-state index in [1.807, 2.05) is 17.7 Å². The van der Waals surface area contributed by atoms with Crippen LogP contribution in [0.5, 0.6) is 0 Å². The smallest absolute Gasteiger partial charge is 0.256 e. The van der Waals surface area contributed by atoms with Crippen molar-refractivity contribution in [1.29, 1.82) is 0 Å². The van der Waals surface area contributed by atoms with Gasteiger partial charge in [0, 0.05) is 30.3 Å². The van der Waals surface area contributed by atoms with Crippen molar-refractivity contribution in [3.8, 4) is 0 Å². The third-order valence-electron chi connectivity index (χ3n) is 4.80. The summed E-state index contributed by atoms with van der Waals surface area (Å²) in [6.07, 6.45) is 0.919. The monoisotopic (exact) mass is 370 g/mol. The molecule has 0 spiro atoms. The van der Waals surface area contributed by atoms with Crippen LogP contribution in [0.1, 0.15) is 52.7 Å². The number of hydrogen-bond donors (Lipinski definition) is 1. The van der Waals surface area contributed by atoms with E-state index in [0.717, 1.165) is 12.1 Å². The first-order valence-electron chi connectivity index (χ1n) is 9.34. The SMILES string of the molecule is CCC(C)n1nc(C)cc1NC(=O)c1ccc(C(=O)N2CCOCC2)cc1. The van der Waals surface area contributed by atoms with Crippen molar-refractivity contribution >= 4 is 17.6 Å². The second-order valence-corrected chi connectivity index (χ2v) is 6.81. The normalized spacial score (nSPS) is 15.4. The highest BCUT2D eigenvalue weighted by Crippen LogP contribution is 2.19. The van der Waals surface area contributed by atoms with Gasteiger partial charge in [-0.2, -0.15) is 5.10 Å². The molecule has 1 unspecified atom stereocenters. The lowest BCUT2D eigenvalue weighted by Crippen LogP contribution is -2.40. The molecule has 1 saturated heterocycles. The number of rotatable bonds is 5. The average Bonchev–Trinajstić information content (AvgIpc) is 3.07. The summed E-state index contributed by atoms with van der Waals surface area (Å²) in [5, 5.41) is 7.38. The lowest BCUT2D eigenvalue weighted by Gasteiger charge is -2.26. The average molecular weight is 370 g/mol. The van der Waals surface area contributed by atoms with Gasteiger partial charge in [0.2, 0.25) is 0 Å². The topological polar surface area (TPSA) is 76.5 Å². The molecule has 144 valence electrons. The van der Waals surface area contributed by atoms with Crippen LogP contribution in [0.3, 0.4) is 0 Å². The van der Waals surface area contributed by atoms with Gasteiger partial charge in [0.25, 0.3) is 11.8 Å². The van der Waals surface area contributed by atoms with Gasteiger partial charge in [-0.3, -0.25) is 9.59 Å². The molecule has 1 N–H and O–H groups in total. The zero-order valence-corrected chi connectivity index (χ0v) is 16.1. The minimum absolute atomic E-state index is 0.0317. The molecule has 1 aliphatic rings. The maximum absolute atomic E-state index is 12.6. The standard InChI is InChI=1S/C20H26N4O3/c1-4-15(3)24-18(13-14(2)22-24)21-19(25)16-5-7-17(8-6-16)20(26)23-9-11-27-12-10-23/h5-8,13,15H,4,9-12H2,1-3H3,(H,21,25). The summed E-state index contributed by atoms with van der Waals surface area (Å²) in [4.78, 5) is 26.9. The number of morpholine rings is 1. The molecule has 0 aliphatic carbocycles. The fourth-order valence-electron chi connectivity index (χ4n) is 3.02. The second-order valence-electron chi connectivity index (χ2n) is 6.81. The van der Waals surface area contributed by atoms with Gasteiger partial charge in [0.1, 0.15) is 5.82 Å². The first kappa shape index (κ1) is 19.1. The molecule has 0 bridgehead atoms. The van der Waals surface area contributed by atoms with Crippen molar-refractivity contribution in [3.05, 3.63) is 47.2 Å². The van der Waals surface area contributed by atoms with Crippen LogP contribution in [0, 0.1) is 6.92 Å². The van der Waals surface area contributed by atoms with Gasteiger partial charge in [-0.15, -0.1) is 0 Å². The van der Waals surface area contributed by atoms with Crippen molar-refractivity contribution in [2.24, 2.45) is 0 Å². The van der Waals surface area contributed by atoms with Crippen LogP contribution in [0.4, 0.5) is 5.82 Å². The number of nitrogens with one attached hydrogen (secondary N) is 1. The van der Waals surface area contributed by atoms with Crippen molar-refractivity contribution in [2.75, 3.05) is 31.6 Å². The van der Waals surface area contributed by atoms with Gasteiger partial charge in [0.05, 0.1) is 24.9 Å². The Morgan fingerprint density at radius 2 is 1.81 bits per heavy atom. The molecule has 7 nitrogen and oxygen atoms in total. The van der Waals surface area contributed by atoms with E-state index in [1.165, 1.54) is 0 Å². The van der Waals surface area contributed by atoms with E-state index >= 15 is 0 Å². The van der Waals surface area contributed by atoms with Crippen LogP contribution in [0.25, 0.3) is 0 Å². The summed E-state index contributed by atoms with van der Waals surface area (Å²) in [6.45, 7) is 8.37. The Labute approximate surface area is 159 Å². The fourth-order valence-corrected chi connectivity index (χ4v) is 3.02. The largest absolute Gasteiger partial charge is 0.378 e. The number of anilines is 1. The molecule has 7 heteroatoms. The molecule has 3 rings (SSSR count). The van der Waals surface area contributed by atoms with Crippen molar-refractivity contribution in [1.82, 2.24) is 14.7 Å².